The maximum Gasteiger partial charge on any atom is 0.337 e. The molecule has 0 saturated carbocycles. The molecule has 0 radical (unpaired) electrons. The predicted octanol–water partition coefficient (Wildman–Crippen LogP) is 4.97. The number of aromatic carboxylic acids is 1. The van der Waals surface area contributed by atoms with Crippen molar-refractivity contribution in [2.45, 2.75) is 6.61 Å². The standard InChI is InChI=1S/C10H6ClNO2.C10H8ClNO/c11-8-2-1-6-3-7(10(13)14)5-12-9(6)4-8;11-9-2-1-8-3-7(6-13)5-12-10(8)4-9/h1-5H,(H,13,14);1-5,13H,6H2. The molecule has 2 aromatic carbocycles. The van der Waals surface area contributed by atoms with Crippen LogP contribution in [0.5, 0.6) is 0 Å². The highest BCUT2D eigenvalue weighted by atomic mass is 35.5. The van der Waals surface area contributed by atoms with Gasteiger partial charge in [0.15, 0.2) is 0 Å². The monoisotopic (exact) mass is 400 g/mol. The minimum atomic E-state index is -0.977. The molecule has 0 fully saturated rings. The SMILES string of the molecule is O=C(O)c1cnc2cc(Cl)ccc2c1.OCc1cnc2cc(Cl)ccc2c1. The van der Waals surface area contributed by atoms with Crippen molar-refractivity contribution in [2.24, 2.45) is 0 Å². The van der Waals surface area contributed by atoms with Gasteiger partial charge in [-0.05, 0) is 42.0 Å². The van der Waals surface area contributed by atoms with Crippen LogP contribution < -0.4 is 0 Å². The van der Waals surface area contributed by atoms with E-state index in [1.165, 1.54) is 6.20 Å². The number of halogens is 2. The highest BCUT2D eigenvalue weighted by molar-refractivity contribution is 6.31. The lowest BCUT2D eigenvalue weighted by atomic mass is 10.1. The second-order valence-corrected chi connectivity index (χ2v) is 6.58. The minimum absolute atomic E-state index is 0.0194. The third-order valence-electron chi connectivity index (χ3n) is 3.78. The first kappa shape index (κ1) is 19.0. The van der Waals surface area contributed by atoms with E-state index in [9.17, 15) is 4.79 Å². The molecule has 4 aromatic rings. The first-order chi connectivity index (χ1) is 13.0. The maximum absolute atomic E-state index is 10.6. The van der Waals surface area contributed by atoms with Crippen molar-refractivity contribution in [3.05, 3.63) is 82.1 Å². The van der Waals surface area contributed by atoms with Crippen molar-refractivity contribution >= 4 is 51.0 Å². The summed E-state index contributed by atoms with van der Waals surface area (Å²) in [5, 5.41) is 20.7. The lowest BCUT2D eigenvalue weighted by Crippen LogP contribution is -1.96. The summed E-state index contributed by atoms with van der Waals surface area (Å²) in [7, 11) is 0. The van der Waals surface area contributed by atoms with Crippen LogP contribution >= 0.6 is 23.2 Å². The van der Waals surface area contributed by atoms with Crippen molar-refractivity contribution in [1.29, 1.82) is 0 Å². The number of fused-ring (bicyclic) bond motifs is 2. The number of aliphatic hydroxyl groups is 1. The zero-order chi connectivity index (χ0) is 19.4. The molecule has 0 saturated heterocycles. The van der Waals surface area contributed by atoms with Crippen LogP contribution in [0.25, 0.3) is 21.8 Å². The van der Waals surface area contributed by atoms with E-state index in [0.717, 1.165) is 21.9 Å². The molecule has 0 amide bonds. The van der Waals surface area contributed by atoms with Crippen molar-refractivity contribution in [1.82, 2.24) is 9.97 Å². The molecule has 136 valence electrons. The topological polar surface area (TPSA) is 83.3 Å². The number of hydrogen-bond acceptors (Lipinski definition) is 4. The van der Waals surface area contributed by atoms with E-state index in [0.29, 0.717) is 15.6 Å². The number of carbonyl (C=O) groups is 1. The van der Waals surface area contributed by atoms with E-state index < -0.39 is 5.97 Å². The summed E-state index contributed by atoms with van der Waals surface area (Å²) < 4.78 is 0. The number of benzene rings is 2. The molecule has 2 N–H and O–H groups in total. The Balaban J connectivity index is 0.000000156. The van der Waals surface area contributed by atoms with Crippen LogP contribution in [-0.2, 0) is 6.61 Å². The lowest BCUT2D eigenvalue weighted by molar-refractivity contribution is 0.0696. The summed E-state index contributed by atoms with van der Waals surface area (Å²) in [6, 6.07) is 14.1. The summed E-state index contributed by atoms with van der Waals surface area (Å²) in [5.41, 5.74) is 2.54. The predicted molar refractivity (Wildman–Crippen MR) is 106 cm³/mol. The average Bonchev–Trinajstić information content (AvgIpc) is 2.67. The van der Waals surface area contributed by atoms with E-state index in [1.54, 1.807) is 36.5 Å². The molecule has 5 nitrogen and oxygen atoms in total. The van der Waals surface area contributed by atoms with Gasteiger partial charge in [0.05, 0.1) is 23.2 Å². The van der Waals surface area contributed by atoms with E-state index in [2.05, 4.69) is 9.97 Å². The molecule has 2 aromatic heterocycles. The molecule has 0 atom stereocenters. The molecule has 7 heteroatoms. The minimum Gasteiger partial charge on any atom is -0.478 e. The van der Waals surface area contributed by atoms with Crippen LogP contribution in [0.1, 0.15) is 15.9 Å². The second kappa shape index (κ2) is 8.31. The van der Waals surface area contributed by atoms with Gasteiger partial charge < -0.3 is 10.2 Å². The number of hydrogen-bond donors (Lipinski definition) is 2. The zero-order valence-corrected chi connectivity index (χ0v) is 15.4. The molecule has 0 aliphatic heterocycles. The molecule has 0 aliphatic carbocycles. The zero-order valence-electron chi connectivity index (χ0n) is 13.9. The highest BCUT2D eigenvalue weighted by Gasteiger charge is 2.04. The first-order valence-corrected chi connectivity index (χ1v) is 8.65. The molecular formula is C20H14Cl2N2O3. The Bertz CT molecular complexity index is 1130. The van der Waals surface area contributed by atoms with Gasteiger partial charge in [-0.3, -0.25) is 9.97 Å². The molecule has 2 heterocycles. The van der Waals surface area contributed by atoms with Gasteiger partial charge in [-0.25, -0.2) is 4.79 Å². The van der Waals surface area contributed by atoms with Gasteiger partial charge in [0, 0.05) is 33.2 Å². The number of nitrogens with zero attached hydrogens (tertiary/aromatic N) is 2. The van der Waals surface area contributed by atoms with Gasteiger partial charge in [0.1, 0.15) is 0 Å². The molecule has 0 aliphatic rings. The number of aromatic nitrogens is 2. The Morgan fingerprint density at radius 3 is 1.96 bits per heavy atom. The fourth-order valence-electron chi connectivity index (χ4n) is 2.44. The maximum atomic E-state index is 10.6. The van der Waals surface area contributed by atoms with E-state index in [-0.39, 0.29) is 12.2 Å². The van der Waals surface area contributed by atoms with Gasteiger partial charge >= 0.3 is 5.97 Å². The Labute approximate surface area is 164 Å². The third kappa shape index (κ3) is 4.71. The molecule has 0 unspecified atom stereocenters. The Hall–Kier alpha value is -2.73. The normalized spacial score (nSPS) is 10.5. The van der Waals surface area contributed by atoms with Crippen LogP contribution in [-0.4, -0.2) is 26.2 Å². The smallest absolute Gasteiger partial charge is 0.337 e. The van der Waals surface area contributed by atoms with Crippen LogP contribution in [0.15, 0.2) is 60.9 Å². The number of carboxylic acid groups (broad SMARTS) is 1. The number of carboxylic acids is 1. The van der Waals surface area contributed by atoms with Crippen LogP contribution in [0.3, 0.4) is 0 Å². The fourth-order valence-corrected chi connectivity index (χ4v) is 2.77. The molecule has 0 spiro atoms. The summed E-state index contributed by atoms with van der Waals surface area (Å²) in [4.78, 5) is 18.8. The molecule has 0 bridgehead atoms. The van der Waals surface area contributed by atoms with Crippen molar-refractivity contribution < 1.29 is 15.0 Å². The van der Waals surface area contributed by atoms with Crippen molar-refractivity contribution in [3.8, 4) is 0 Å². The number of aliphatic hydroxyl groups excluding tert-OH is 1. The summed E-state index contributed by atoms with van der Waals surface area (Å²) in [6.45, 7) is 0.0194. The van der Waals surface area contributed by atoms with Crippen LogP contribution in [0.4, 0.5) is 0 Å². The highest BCUT2D eigenvalue weighted by Crippen LogP contribution is 2.19. The lowest BCUT2D eigenvalue weighted by Gasteiger charge is -1.99. The molecule has 4 rings (SSSR count). The first-order valence-electron chi connectivity index (χ1n) is 7.90. The second-order valence-electron chi connectivity index (χ2n) is 5.70. The number of rotatable bonds is 2. The van der Waals surface area contributed by atoms with Crippen molar-refractivity contribution in [3.63, 3.8) is 0 Å². The van der Waals surface area contributed by atoms with Gasteiger partial charge in [-0.15, -0.1) is 0 Å². The summed E-state index contributed by atoms with van der Waals surface area (Å²) >= 11 is 11.6. The molecular weight excluding hydrogens is 387 g/mol. The van der Waals surface area contributed by atoms with E-state index in [4.69, 9.17) is 33.4 Å². The van der Waals surface area contributed by atoms with Gasteiger partial charge in [0.2, 0.25) is 0 Å². The van der Waals surface area contributed by atoms with Crippen LogP contribution in [0, 0.1) is 0 Å². The summed E-state index contributed by atoms with van der Waals surface area (Å²) in [6.07, 6.45) is 2.97. The Kier molecular flexibility index (Phi) is 5.86. The van der Waals surface area contributed by atoms with Crippen molar-refractivity contribution in [2.75, 3.05) is 0 Å². The van der Waals surface area contributed by atoms with Gasteiger partial charge in [-0.1, -0.05) is 35.3 Å². The van der Waals surface area contributed by atoms with Crippen LogP contribution in [0.2, 0.25) is 10.0 Å². The van der Waals surface area contributed by atoms with E-state index in [1.807, 2.05) is 18.2 Å². The summed E-state index contributed by atoms with van der Waals surface area (Å²) in [5.74, 6) is -0.977. The Morgan fingerprint density at radius 2 is 1.41 bits per heavy atom. The average molecular weight is 401 g/mol. The van der Waals surface area contributed by atoms with E-state index >= 15 is 0 Å². The van der Waals surface area contributed by atoms with Gasteiger partial charge in [-0.2, -0.15) is 0 Å². The fraction of sp³-hybridized carbons (Fsp3) is 0.0500. The quantitative estimate of drug-likeness (QED) is 0.496. The van der Waals surface area contributed by atoms with Gasteiger partial charge in [0.25, 0.3) is 0 Å². The largest absolute Gasteiger partial charge is 0.478 e. The number of pyridine rings is 2. The Morgan fingerprint density at radius 1 is 0.852 bits per heavy atom. The molecule has 27 heavy (non-hydrogen) atoms. The third-order valence-corrected chi connectivity index (χ3v) is 4.25.